The standard InChI is InChI=1S/C17H30N6O2/c1-7-22(8-2)15-13(23(24)25)14(18-11-19-15)20-12-9-16(3,4)21-17(5,6)10-12/h11-12,21H,7-10H2,1-6H3,(H,18,19,20). The first-order chi connectivity index (χ1) is 11.6. The van der Waals surface area contributed by atoms with E-state index < -0.39 is 0 Å². The molecule has 1 aromatic rings. The number of hydrogen-bond acceptors (Lipinski definition) is 7. The Morgan fingerprint density at radius 1 is 1.24 bits per heavy atom. The number of nitrogens with one attached hydrogen (secondary N) is 2. The van der Waals surface area contributed by atoms with Gasteiger partial charge in [-0.2, -0.15) is 0 Å². The van der Waals surface area contributed by atoms with Gasteiger partial charge in [-0.15, -0.1) is 0 Å². The number of anilines is 2. The van der Waals surface area contributed by atoms with Gasteiger partial charge >= 0.3 is 5.69 Å². The van der Waals surface area contributed by atoms with Crippen LogP contribution in [-0.2, 0) is 0 Å². The highest BCUT2D eigenvalue weighted by molar-refractivity contribution is 5.70. The third kappa shape index (κ3) is 4.56. The number of nitrogens with zero attached hydrogens (tertiary/aromatic N) is 4. The van der Waals surface area contributed by atoms with Crippen LogP contribution in [0, 0.1) is 10.1 Å². The highest BCUT2D eigenvalue weighted by Crippen LogP contribution is 2.35. The maximum atomic E-state index is 11.7. The fourth-order valence-corrected chi connectivity index (χ4v) is 4.02. The molecule has 2 N–H and O–H groups in total. The molecule has 1 aliphatic heterocycles. The second kappa shape index (κ2) is 7.11. The molecule has 1 aliphatic rings. The number of aromatic nitrogens is 2. The van der Waals surface area contributed by atoms with Crippen molar-refractivity contribution in [3.63, 3.8) is 0 Å². The minimum Gasteiger partial charge on any atom is -0.361 e. The van der Waals surface area contributed by atoms with E-state index in [4.69, 9.17) is 0 Å². The average molecular weight is 350 g/mol. The van der Waals surface area contributed by atoms with Gasteiger partial charge in [0.05, 0.1) is 4.92 Å². The lowest BCUT2D eigenvalue weighted by Crippen LogP contribution is -2.60. The van der Waals surface area contributed by atoms with E-state index in [2.05, 4.69) is 48.3 Å². The summed E-state index contributed by atoms with van der Waals surface area (Å²) in [6.07, 6.45) is 3.12. The maximum absolute atomic E-state index is 11.7. The molecule has 1 saturated heterocycles. The van der Waals surface area contributed by atoms with Gasteiger partial charge in [-0.1, -0.05) is 0 Å². The summed E-state index contributed by atoms with van der Waals surface area (Å²) in [5.41, 5.74) is -0.147. The summed E-state index contributed by atoms with van der Waals surface area (Å²) in [7, 11) is 0. The van der Waals surface area contributed by atoms with E-state index in [1.807, 2.05) is 18.7 Å². The van der Waals surface area contributed by atoms with E-state index in [1.165, 1.54) is 6.33 Å². The van der Waals surface area contributed by atoms with Crippen LogP contribution in [0.15, 0.2) is 6.33 Å². The minimum atomic E-state index is -0.382. The summed E-state index contributed by atoms with van der Waals surface area (Å²) in [6, 6.07) is 0.101. The molecule has 2 rings (SSSR count). The van der Waals surface area contributed by atoms with Crippen molar-refractivity contribution in [3.05, 3.63) is 16.4 Å². The molecule has 0 radical (unpaired) electrons. The van der Waals surface area contributed by atoms with E-state index in [-0.39, 0.29) is 27.7 Å². The molecule has 8 heteroatoms. The lowest BCUT2D eigenvalue weighted by atomic mass is 9.79. The Morgan fingerprint density at radius 2 is 1.80 bits per heavy atom. The monoisotopic (exact) mass is 350 g/mol. The molecule has 140 valence electrons. The summed E-state index contributed by atoms with van der Waals surface area (Å²) in [4.78, 5) is 21.6. The average Bonchev–Trinajstić information content (AvgIpc) is 2.45. The van der Waals surface area contributed by atoms with Crippen molar-refractivity contribution in [1.82, 2.24) is 15.3 Å². The third-order valence-electron chi connectivity index (χ3n) is 4.58. The molecule has 0 amide bonds. The van der Waals surface area contributed by atoms with Crippen LogP contribution in [0.3, 0.4) is 0 Å². The van der Waals surface area contributed by atoms with E-state index in [1.54, 1.807) is 0 Å². The Morgan fingerprint density at radius 3 is 2.28 bits per heavy atom. The number of hydrogen-bond donors (Lipinski definition) is 2. The number of nitro groups is 1. The fourth-order valence-electron chi connectivity index (χ4n) is 4.02. The first-order valence-electron chi connectivity index (χ1n) is 8.88. The zero-order valence-electron chi connectivity index (χ0n) is 16.1. The summed E-state index contributed by atoms with van der Waals surface area (Å²) in [6.45, 7) is 13.8. The van der Waals surface area contributed by atoms with Crippen LogP contribution in [0.25, 0.3) is 0 Å². The highest BCUT2D eigenvalue weighted by atomic mass is 16.6. The van der Waals surface area contributed by atoms with Crippen LogP contribution in [-0.4, -0.2) is 45.1 Å². The van der Waals surface area contributed by atoms with E-state index >= 15 is 0 Å². The van der Waals surface area contributed by atoms with Gasteiger partial charge in [0.15, 0.2) is 0 Å². The highest BCUT2D eigenvalue weighted by Gasteiger charge is 2.39. The molecule has 8 nitrogen and oxygen atoms in total. The molecule has 0 unspecified atom stereocenters. The van der Waals surface area contributed by atoms with Gasteiger partial charge in [-0.05, 0) is 54.4 Å². The quantitative estimate of drug-likeness (QED) is 0.601. The van der Waals surface area contributed by atoms with Crippen molar-refractivity contribution < 1.29 is 4.92 Å². The Labute approximate surface area is 149 Å². The molecule has 1 aromatic heterocycles. The molecular weight excluding hydrogens is 320 g/mol. The summed E-state index contributed by atoms with van der Waals surface area (Å²) in [5.74, 6) is 0.681. The summed E-state index contributed by atoms with van der Waals surface area (Å²) < 4.78 is 0. The van der Waals surface area contributed by atoms with E-state index in [0.29, 0.717) is 24.7 Å². The number of rotatable bonds is 6. The van der Waals surface area contributed by atoms with Gasteiger partial charge in [0, 0.05) is 30.2 Å². The minimum absolute atomic E-state index is 0.0413. The molecule has 0 saturated carbocycles. The third-order valence-corrected chi connectivity index (χ3v) is 4.58. The van der Waals surface area contributed by atoms with Crippen molar-refractivity contribution in [3.8, 4) is 0 Å². The Balaban J connectivity index is 2.36. The molecule has 0 spiro atoms. The van der Waals surface area contributed by atoms with Crippen LogP contribution in [0.2, 0.25) is 0 Å². The van der Waals surface area contributed by atoms with Crippen molar-refractivity contribution in [2.24, 2.45) is 0 Å². The van der Waals surface area contributed by atoms with Crippen molar-refractivity contribution in [2.75, 3.05) is 23.3 Å². The zero-order valence-corrected chi connectivity index (χ0v) is 16.1. The molecule has 0 bridgehead atoms. The summed E-state index contributed by atoms with van der Waals surface area (Å²) in [5, 5.41) is 18.7. The second-order valence-electron chi connectivity index (χ2n) is 7.97. The van der Waals surface area contributed by atoms with Crippen LogP contribution in [0.5, 0.6) is 0 Å². The van der Waals surface area contributed by atoms with Gasteiger partial charge in [0.2, 0.25) is 11.6 Å². The molecule has 25 heavy (non-hydrogen) atoms. The predicted molar refractivity (Wildman–Crippen MR) is 100 cm³/mol. The number of piperidine rings is 1. The van der Waals surface area contributed by atoms with Gasteiger partial charge in [0.25, 0.3) is 0 Å². The Kier molecular flexibility index (Phi) is 5.51. The lowest BCUT2D eigenvalue weighted by molar-refractivity contribution is -0.383. The van der Waals surface area contributed by atoms with Gasteiger partial charge < -0.3 is 15.5 Å². The Bertz CT molecular complexity index is 612. The van der Waals surface area contributed by atoms with Gasteiger partial charge in [-0.25, -0.2) is 9.97 Å². The first-order valence-corrected chi connectivity index (χ1v) is 8.88. The lowest BCUT2D eigenvalue weighted by Gasteiger charge is -2.46. The second-order valence-corrected chi connectivity index (χ2v) is 7.97. The SMILES string of the molecule is CCN(CC)c1ncnc(NC2CC(C)(C)NC(C)(C)C2)c1[N+](=O)[O-]. The Hall–Kier alpha value is -1.96. The molecule has 1 fully saturated rings. The van der Waals surface area contributed by atoms with Crippen molar-refractivity contribution in [2.45, 2.75) is 71.5 Å². The maximum Gasteiger partial charge on any atom is 0.353 e. The normalized spacial score (nSPS) is 19.4. The first kappa shape index (κ1) is 19.4. The van der Waals surface area contributed by atoms with E-state index in [0.717, 1.165) is 12.8 Å². The van der Waals surface area contributed by atoms with E-state index in [9.17, 15) is 10.1 Å². The molecule has 0 aromatic carbocycles. The van der Waals surface area contributed by atoms with Crippen molar-refractivity contribution >= 4 is 17.3 Å². The van der Waals surface area contributed by atoms with Crippen LogP contribution in [0.4, 0.5) is 17.3 Å². The van der Waals surface area contributed by atoms with Gasteiger partial charge in [0.1, 0.15) is 6.33 Å². The summed E-state index contributed by atoms with van der Waals surface area (Å²) >= 11 is 0. The van der Waals surface area contributed by atoms with Crippen LogP contribution < -0.4 is 15.5 Å². The molecule has 0 atom stereocenters. The van der Waals surface area contributed by atoms with Gasteiger partial charge in [-0.3, -0.25) is 10.1 Å². The predicted octanol–water partition coefficient (Wildman–Crippen LogP) is 2.95. The fraction of sp³-hybridized carbons (Fsp3) is 0.765. The van der Waals surface area contributed by atoms with Crippen LogP contribution >= 0.6 is 0 Å². The molecular formula is C17H30N6O2. The largest absolute Gasteiger partial charge is 0.361 e. The smallest absolute Gasteiger partial charge is 0.353 e. The topological polar surface area (TPSA) is 96.2 Å². The zero-order chi connectivity index (χ0) is 18.8. The molecule has 2 heterocycles. The van der Waals surface area contributed by atoms with Crippen molar-refractivity contribution in [1.29, 1.82) is 0 Å². The van der Waals surface area contributed by atoms with Crippen LogP contribution in [0.1, 0.15) is 54.4 Å². The molecule has 0 aliphatic carbocycles.